The molecular formula is C17H11F6NS2. The van der Waals surface area contributed by atoms with Crippen LogP contribution in [0.4, 0.5) is 26.3 Å². The minimum Gasteiger partial charge on any atom is -0.232 e. The molecule has 0 aliphatic heterocycles. The van der Waals surface area contributed by atoms with Gasteiger partial charge in [0.05, 0.1) is 16.0 Å². The Labute approximate surface area is 153 Å². The Hall–Kier alpha value is -1.74. The number of nitrogens with zero attached hydrogens (tertiary/aromatic N) is 1. The summed E-state index contributed by atoms with van der Waals surface area (Å²) in [5.41, 5.74) is 2.15. The molecule has 3 rings (SSSR count). The van der Waals surface area contributed by atoms with E-state index in [1.807, 2.05) is 0 Å². The zero-order chi connectivity index (χ0) is 19.1. The number of fused-ring (bicyclic) bond motifs is 1. The van der Waals surface area contributed by atoms with Crippen LogP contribution in [0, 0.1) is 6.92 Å². The Morgan fingerprint density at radius 2 is 1.62 bits per heavy atom. The number of rotatable bonds is 3. The van der Waals surface area contributed by atoms with Gasteiger partial charge >= 0.3 is 12.4 Å². The first-order chi connectivity index (χ1) is 12.0. The lowest BCUT2D eigenvalue weighted by Gasteiger charge is -2.10. The maximum Gasteiger partial charge on any atom is 0.443 e. The van der Waals surface area contributed by atoms with Crippen LogP contribution in [0.15, 0.2) is 41.3 Å². The Morgan fingerprint density at radius 1 is 0.962 bits per heavy atom. The van der Waals surface area contributed by atoms with Crippen molar-refractivity contribution >= 4 is 33.3 Å². The van der Waals surface area contributed by atoms with E-state index in [4.69, 9.17) is 0 Å². The fraction of sp³-hybridized carbons (Fsp3) is 0.235. The molecule has 1 nitrogen and oxygen atoms in total. The van der Waals surface area contributed by atoms with Crippen LogP contribution in [0.1, 0.15) is 10.6 Å². The third-order valence-electron chi connectivity index (χ3n) is 3.54. The lowest BCUT2D eigenvalue weighted by atomic mass is 10.0. The molecule has 0 saturated carbocycles. The van der Waals surface area contributed by atoms with Crippen LogP contribution in [0.5, 0.6) is 0 Å². The molecule has 9 heteroatoms. The van der Waals surface area contributed by atoms with Crippen molar-refractivity contribution in [2.45, 2.75) is 24.2 Å². The van der Waals surface area contributed by atoms with E-state index >= 15 is 0 Å². The third kappa shape index (κ3) is 4.32. The molecule has 1 aromatic heterocycles. The van der Waals surface area contributed by atoms with E-state index in [1.165, 1.54) is 6.07 Å². The number of aromatic nitrogens is 1. The third-order valence-corrected chi connectivity index (χ3v) is 5.85. The molecule has 0 spiro atoms. The molecule has 1 heterocycles. The van der Waals surface area contributed by atoms with Crippen LogP contribution >= 0.6 is 23.1 Å². The van der Waals surface area contributed by atoms with Crippen LogP contribution in [-0.2, 0) is 6.18 Å². The summed E-state index contributed by atoms with van der Waals surface area (Å²) in [4.78, 5) is 4.10. The number of thiazole rings is 1. The Morgan fingerprint density at radius 3 is 2.27 bits per heavy atom. The lowest BCUT2D eigenvalue weighted by Crippen LogP contribution is -2.10. The van der Waals surface area contributed by atoms with Crippen LogP contribution in [0.3, 0.4) is 0 Å². The second-order valence-electron chi connectivity index (χ2n) is 5.58. The standard InChI is InChI=1S/C17H11F6NS2/c1-9-2-3-11(7-14(9)25-8-16(18,19)20)10-4-5-13-12(6-10)24-15(26-13)17(21,22)23/h2-7H,8H2,1H3. The molecule has 0 fully saturated rings. The average Bonchev–Trinajstić information content (AvgIpc) is 2.96. The van der Waals surface area contributed by atoms with Crippen LogP contribution in [0.2, 0.25) is 0 Å². The first-order valence-corrected chi connectivity index (χ1v) is 9.11. The summed E-state index contributed by atoms with van der Waals surface area (Å²) in [5, 5.41) is -0.921. The first kappa shape index (κ1) is 19.0. The predicted molar refractivity (Wildman–Crippen MR) is 91.6 cm³/mol. The van der Waals surface area contributed by atoms with Crippen LogP contribution in [0.25, 0.3) is 21.3 Å². The minimum atomic E-state index is -4.50. The van der Waals surface area contributed by atoms with Crippen molar-refractivity contribution in [1.29, 1.82) is 0 Å². The topological polar surface area (TPSA) is 12.9 Å². The van der Waals surface area contributed by atoms with Gasteiger partial charge in [-0.2, -0.15) is 26.3 Å². The van der Waals surface area contributed by atoms with Gasteiger partial charge in [0, 0.05) is 4.90 Å². The maximum absolute atomic E-state index is 12.8. The molecule has 2 aromatic carbocycles. The molecule has 3 aromatic rings. The molecule has 0 N–H and O–H groups in total. The maximum atomic E-state index is 12.8. The van der Waals surface area contributed by atoms with E-state index in [9.17, 15) is 26.3 Å². The molecule has 0 aliphatic rings. The highest BCUT2D eigenvalue weighted by atomic mass is 32.2. The van der Waals surface area contributed by atoms with E-state index in [-0.39, 0.29) is 5.52 Å². The van der Waals surface area contributed by atoms with Gasteiger partial charge in [0.1, 0.15) is 0 Å². The Kier molecular flexibility index (Phi) is 4.96. The van der Waals surface area contributed by atoms with Gasteiger partial charge in [-0.05, 0) is 41.8 Å². The Balaban J connectivity index is 1.95. The fourth-order valence-corrected chi connectivity index (χ4v) is 3.96. The second kappa shape index (κ2) is 6.77. The van der Waals surface area contributed by atoms with Crippen molar-refractivity contribution in [3.63, 3.8) is 0 Å². The zero-order valence-corrected chi connectivity index (χ0v) is 14.8. The number of hydrogen-bond donors (Lipinski definition) is 0. The number of halogens is 6. The number of thioether (sulfide) groups is 1. The molecule has 0 amide bonds. The van der Waals surface area contributed by atoms with Gasteiger partial charge in [0.15, 0.2) is 5.01 Å². The summed E-state index contributed by atoms with van der Waals surface area (Å²) >= 11 is 1.25. The average molecular weight is 407 g/mol. The highest BCUT2D eigenvalue weighted by Crippen LogP contribution is 2.37. The van der Waals surface area contributed by atoms with E-state index in [2.05, 4.69) is 4.98 Å². The molecule has 0 unspecified atom stereocenters. The van der Waals surface area contributed by atoms with Gasteiger partial charge in [0.2, 0.25) is 0 Å². The molecule has 0 bridgehead atoms. The van der Waals surface area contributed by atoms with Crippen molar-refractivity contribution in [2.75, 3.05) is 5.75 Å². The van der Waals surface area contributed by atoms with Gasteiger partial charge in [-0.1, -0.05) is 18.2 Å². The summed E-state index contributed by atoms with van der Waals surface area (Å²) in [5.74, 6) is -1.00. The Bertz CT molecular complexity index is 943. The van der Waals surface area contributed by atoms with E-state index in [0.29, 0.717) is 49.4 Å². The van der Waals surface area contributed by atoms with Crippen LogP contribution < -0.4 is 0 Å². The number of hydrogen-bond acceptors (Lipinski definition) is 3. The van der Waals surface area contributed by atoms with Crippen molar-refractivity contribution in [1.82, 2.24) is 4.98 Å². The lowest BCUT2D eigenvalue weighted by molar-refractivity contribution is -0.137. The minimum absolute atomic E-state index is 0.213. The molecule has 0 atom stereocenters. The molecule has 0 radical (unpaired) electrons. The molecule has 0 saturated heterocycles. The van der Waals surface area contributed by atoms with E-state index in [0.717, 1.165) is 0 Å². The SMILES string of the molecule is Cc1ccc(-c2ccc3sc(C(F)(F)F)nc3c2)cc1SCC(F)(F)F. The van der Waals surface area contributed by atoms with Crippen molar-refractivity contribution in [2.24, 2.45) is 0 Å². The quantitative estimate of drug-likeness (QED) is 0.344. The van der Waals surface area contributed by atoms with Crippen molar-refractivity contribution < 1.29 is 26.3 Å². The molecule has 138 valence electrons. The molecule has 26 heavy (non-hydrogen) atoms. The monoisotopic (exact) mass is 407 g/mol. The highest BCUT2D eigenvalue weighted by molar-refractivity contribution is 7.99. The van der Waals surface area contributed by atoms with E-state index in [1.54, 1.807) is 37.3 Å². The summed E-state index contributed by atoms with van der Waals surface area (Å²) in [6.45, 7) is 1.71. The second-order valence-corrected chi connectivity index (χ2v) is 7.63. The fourth-order valence-electron chi connectivity index (χ4n) is 2.32. The van der Waals surface area contributed by atoms with Crippen molar-refractivity contribution in [3.05, 3.63) is 47.0 Å². The normalized spacial score (nSPS) is 12.7. The number of benzene rings is 2. The summed E-state index contributed by atoms with van der Waals surface area (Å²) in [6.07, 6.45) is -8.78. The highest BCUT2D eigenvalue weighted by Gasteiger charge is 2.34. The van der Waals surface area contributed by atoms with E-state index < -0.39 is 23.1 Å². The number of alkyl halides is 6. The van der Waals surface area contributed by atoms with Gasteiger partial charge in [0.25, 0.3) is 0 Å². The van der Waals surface area contributed by atoms with Gasteiger partial charge in [-0.25, -0.2) is 4.98 Å². The van der Waals surface area contributed by atoms with Crippen LogP contribution in [-0.4, -0.2) is 16.9 Å². The van der Waals surface area contributed by atoms with Crippen molar-refractivity contribution in [3.8, 4) is 11.1 Å². The van der Waals surface area contributed by atoms with Gasteiger partial charge in [-0.15, -0.1) is 23.1 Å². The molecular weight excluding hydrogens is 396 g/mol. The molecule has 0 aliphatic carbocycles. The summed E-state index contributed by atoms with van der Waals surface area (Å²) in [7, 11) is 0. The predicted octanol–water partition coefficient (Wildman–Crippen LogP) is 6.94. The van der Waals surface area contributed by atoms with Gasteiger partial charge in [-0.3, -0.25) is 0 Å². The number of aryl methyl sites for hydroxylation is 1. The largest absolute Gasteiger partial charge is 0.443 e. The van der Waals surface area contributed by atoms with Gasteiger partial charge < -0.3 is 0 Å². The summed E-state index contributed by atoms with van der Waals surface area (Å²) < 4.78 is 76.1. The zero-order valence-electron chi connectivity index (χ0n) is 13.2. The smallest absolute Gasteiger partial charge is 0.232 e. The first-order valence-electron chi connectivity index (χ1n) is 7.31. The summed E-state index contributed by atoms with van der Waals surface area (Å²) in [6, 6.07) is 9.74.